The Morgan fingerprint density at radius 1 is 1.16 bits per heavy atom. The average Bonchev–Trinajstić information content (AvgIpc) is 2.41. The second-order valence-electron chi connectivity index (χ2n) is 6.01. The third-order valence-corrected chi connectivity index (χ3v) is 5.67. The van der Waals surface area contributed by atoms with Crippen LogP contribution in [0, 0.1) is 11.8 Å². The number of hydrogen-bond acceptors (Lipinski definition) is 2. The number of nitrogens with one attached hydrogen (secondary N) is 1. The number of rotatable bonds is 5. The third kappa shape index (κ3) is 4.25. The maximum Gasteiger partial charge on any atom is 0.0274 e. The van der Waals surface area contributed by atoms with E-state index in [1.54, 1.807) is 0 Å². The monoisotopic (exact) mass is 277 g/mol. The van der Waals surface area contributed by atoms with Crippen molar-refractivity contribution in [1.29, 1.82) is 0 Å². The van der Waals surface area contributed by atoms with E-state index in [-0.39, 0.29) is 0 Å². The van der Waals surface area contributed by atoms with Crippen molar-refractivity contribution in [1.82, 2.24) is 5.32 Å². The fourth-order valence-electron chi connectivity index (χ4n) is 3.21. The molecule has 0 heterocycles. The summed E-state index contributed by atoms with van der Waals surface area (Å²) >= 11 is 2.07. The van der Waals surface area contributed by atoms with Crippen molar-refractivity contribution >= 4 is 11.8 Å². The Kier molecular flexibility index (Phi) is 5.77. The Balaban J connectivity index is 2.04. The van der Waals surface area contributed by atoms with Crippen LogP contribution in [0.5, 0.6) is 0 Å². The predicted molar refractivity (Wildman–Crippen MR) is 85.7 cm³/mol. The summed E-state index contributed by atoms with van der Waals surface area (Å²) in [6.07, 6.45) is 3.92. The lowest BCUT2D eigenvalue weighted by molar-refractivity contribution is 0.249. The van der Waals surface area contributed by atoms with Crippen molar-refractivity contribution in [2.75, 3.05) is 6.54 Å². The highest BCUT2D eigenvalue weighted by Gasteiger charge is 2.34. The van der Waals surface area contributed by atoms with Crippen molar-refractivity contribution in [3.63, 3.8) is 0 Å². The molecular weight excluding hydrogens is 250 g/mol. The second-order valence-corrected chi connectivity index (χ2v) is 7.26. The molecular formula is C17H27NS. The molecule has 0 aromatic heterocycles. The summed E-state index contributed by atoms with van der Waals surface area (Å²) < 4.78 is 0. The molecule has 1 nitrogen and oxygen atoms in total. The van der Waals surface area contributed by atoms with Crippen LogP contribution < -0.4 is 5.32 Å². The van der Waals surface area contributed by atoms with E-state index in [0.29, 0.717) is 11.3 Å². The number of thioether (sulfide) groups is 1. The fraction of sp³-hybridized carbons (Fsp3) is 0.647. The molecule has 4 unspecified atom stereocenters. The zero-order valence-corrected chi connectivity index (χ0v) is 13.2. The molecule has 1 aromatic rings. The molecule has 2 heteroatoms. The van der Waals surface area contributed by atoms with E-state index in [1.807, 2.05) is 0 Å². The van der Waals surface area contributed by atoms with Crippen LogP contribution >= 0.6 is 11.8 Å². The van der Waals surface area contributed by atoms with E-state index in [9.17, 15) is 0 Å². The van der Waals surface area contributed by atoms with Gasteiger partial charge in [0.15, 0.2) is 0 Å². The molecule has 0 saturated heterocycles. The molecule has 0 bridgehead atoms. The molecule has 1 aliphatic carbocycles. The first-order chi connectivity index (χ1) is 9.20. The van der Waals surface area contributed by atoms with Crippen molar-refractivity contribution in [2.45, 2.75) is 56.2 Å². The lowest BCUT2D eigenvalue weighted by Gasteiger charge is -2.39. The number of benzene rings is 1. The van der Waals surface area contributed by atoms with Gasteiger partial charge in [-0.1, -0.05) is 39.0 Å². The van der Waals surface area contributed by atoms with Crippen LogP contribution in [0.15, 0.2) is 35.2 Å². The normalized spacial score (nSPS) is 31.3. The summed E-state index contributed by atoms with van der Waals surface area (Å²) in [6, 6.07) is 11.5. The van der Waals surface area contributed by atoms with E-state index in [4.69, 9.17) is 0 Å². The first kappa shape index (κ1) is 14.9. The Morgan fingerprint density at radius 2 is 1.89 bits per heavy atom. The van der Waals surface area contributed by atoms with Gasteiger partial charge in [-0.3, -0.25) is 0 Å². The van der Waals surface area contributed by atoms with Gasteiger partial charge in [0.05, 0.1) is 0 Å². The molecule has 1 N–H and O–H groups in total. The minimum absolute atomic E-state index is 0.670. The topological polar surface area (TPSA) is 12.0 Å². The molecule has 1 aromatic carbocycles. The van der Waals surface area contributed by atoms with Gasteiger partial charge >= 0.3 is 0 Å². The van der Waals surface area contributed by atoms with Gasteiger partial charge in [0.1, 0.15) is 0 Å². The molecule has 106 valence electrons. The van der Waals surface area contributed by atoms with Gasteiger partial charge in [-0.2, -0.15) is 0 Å². The molecule has 0 radical (unpaired) electrons. The molecule has 0 spiro atoms. The summed E-state index contributed by atoms with van der Waals surface area (Å²) in [4.78, 5) is 1.41. The van der Waals surface area contributed by atoms with Crippen LogP contribution in [0.25, 0.3) is 0 Å². The van der Waals surface area contributed by atoms with E-state index in [1.165, 1.54) is 24.2 Å². The molecule has 2 rings (SSSR count). The van der Waals surface area contributed by atoms with Crippen molar-refractivity contribution < 1.29 is 0 Å². The van der Waals surface area contributed by atoms with Gasteiger partial charge in [0.2, 0.25) is 0 Å². The summed E-state index contributed by atoms with van der Waals surface area (Å²) in [6.45, 7) is 8.23. The Hall–Kier alpha value is -0.470. The summed E-state index contributed by atoms with van der Waals surface area (Å²) in [5.74, 6) is 1.65. The molecule has 4 atom stereocenters. The van der Waals surface area contributed by atoms with Crippen LogP contribution in [-0.4, -0.2) is 17.8 Å². The highest BCUT2D eigenvalue weighted by Crippen LogP contribution is 2.39. The Morgan fingerprint density at radius 3 is 2.58 bits per heavy atom. The highest BCUT2D eigenvalue weighted by molar-refractivity contribution is 8.00. The van der Waals surface area contributed by atoms with E-state index in [2.05, 4.69) is 68.2 Å². The highest BCUT2D eigenvalue weighted by atomic mass is 32.2. The van der Waals surface area contributed by atoms with Gasteiger partial charge in [0.25, 0.3) is 0 Å². The van der Waals surface area contributed by atoms with Crippen molar-refractivity contribution in [3.05, 3.63) is 30.3 Å². The Labute approximate surface area is 122 Å². The van der Waals surface area contributed by atoms with E-state index >= 15 is 0 Å². The third-order valence-electron chi connectivity index (χ3n) is 4.06. The zero-order chi connectivity index (χ0) is 13.7. The molecule has 1 aliphatic rings. The van der Waals surface area contributed by atoms with Gasteiger partial charge < -0.3 is 5.32 Å². The smallest absolute Gasteiger partial charge is 0.0274 e. The van der Waals surface area contributed by atoms with Crippen LogP contribution in [0.4, 0.5) is 0 Å². The van der Waals surface area contributed by atoms with Crippen LogP contribution in [-0.2, 0) is 0 Å². The average molecular weight is 277 g/mol. The largest absolute Gasteiger partial charge is 0.313 e. The quantitative estimate of drug-likeness (QED) is 0.845. The maximum absolute atomic E-state index is 3.78. The molecule has 1 fully saturated rings. The lowest BCUT2D eigenvalue weighted by atomic mass is 9.80. The summed E-state index contributed by atoms with van der Waals surface area (Å²) in [5, 5.41) is 4.49. The molecule has 0 aliphatic heterocycles. The predicted octanol–water partition coefficient (Wildman–Crippen LogP) is 4.58. The first-order valence-corrected chi connectivity index (χ1v) is 8.53. The fourth-order valence-corrected chi connectivity index (χ4v) is 4.56. The molecule has 19 heavy (non-hydrogen) atoms. The van der Waals surface area contributed by atoms with Gasteiger partial charge in [0, 0.05) is 16.2 Å². The summed E-state index contributed by atoms with van der Waals surface area (Å²) in [5.41, 5.74) is 0. The van der Waals surface area contributed by atoms with Crippen molar-refractivity contribution in [3.8, 4) is 0 Å². The molecule has 1 saturated carbocycles. The van der Waals surface area contributed by atoms with E-state index in [0.717, 1.165) is 18.4 Å². The van der Waals surface area contributed by atoms with Crippen LogP contribution in [0.1, 0.15) is 40.0 Å². The number of hydrogen-bond donors (Lipinski definition) is 1. The van der Waals surface area contributed by atoms with Gasteiger partial charge in [-0.05, 0) is 49.8 Å². The maximum atomic E-state index is 3.78. The standard InChI is InChI=1S/C17H27NS/c1-4-10-18-16-12-13(2)11-14(3)17(16)19-15-8-6-5-7-9-15/h5-9,13-14,16-18H,4,10-12H2,1-3H3. The van der Waals surface area contributed by atoms with Gasteiger partial charge in [-0.15, -0.1) is 11.8 Å². The Bertz CT molecular complexity index is 365. The van der Waals surface area contributed by atoms with E-state index < -0.39 is 0 Å². The SMILES string of the molecule is CCCNC1CC(C)CC(C)C1Sc1ccccc1. The zero-order valence-electron chi connectivity index (χ0n) is 12.4. The minimum Gasteiger partial charge on any atom is -0.313 e. The minimum atomic E-state index is 0.670. The first-order valence-electron chi connectivity index (χ1n) is 7.65. The van der Waals surface area contributed by atoms with Crippen molar-refractivity contribution in [2.24, 2.45) is 11.8 Å². The van der Waals surface area contributed by atoms with Crippen LogP contribution in [0.3, 0.4) is 0 Å². The lowest BCUT2D eigenvalue weighted by Crippen LogP contribution is -2.46. The second kappa shape index (κ2) is 7.35. The van der Waals surface area contributed by atoms with Crippen LogP contribution in [0.2, 0.25) is 0 Å². The summed E-state index contributed by atoms with van der Waals surface area (Å²) in [7, 11) is 0. The molecule has 0 amide bonds. The van der Waals surface area contributed by atoms with Gasteiger partial charge in [-0.25, -0.2) is 0 Å².